The number of amides is 1. The number of nitrogens with zero attached hydrogens (tertiary/aromatic N) is 5. The zero-order chi connectivity index (χ0) is 17.5. The summed E-state index contributed by atoms with van der Waals surface area (Å²) < 4.78 is 0. The molecule has 0 radical (unpaired) electrons. The lowest BCUT2D eigenvalue weighted by Crippen LogP contribution is -2.36. The van der Waals surface area contributed by atoms with Crippen molar-refractivity contribution in [3.63, 3.8) is 0 Å². The number of anilines is 1. The highest BCUT2D eigenvalue weighted by molar-refractivity contribution is 6.00. The van der Waals surface area contributed by atoms with Gasteiger partial charge in [-0.3, -0.25) is 9.79 Å². The first-order valence-electron chi connectivity index (χ1n) is 8.16. The minimum Gasteiger partial charge on any atom is -0.361 e. The van der Waals surface area contributed by atoms with Gasteiger partial charge in [-0.1, -0.05) is 11.6 Å². The first-order valence-corrected chi connectivity index (χ1v) is 8.16. The number of hydrogen-bond acceptors (Lipinski definition) is 5. The molecule has 7 nitrogen and oxygen atoms in total. The zero-order valence-electron chi connectivity index (χ0n) is 14.6. The number of nitrogens with two attached hydrogens (primary N) is 1. The van der Waals surface area contributed by atoms with Crippen LogP contribution in [0.5, 0.6) is 0 Å². The summed E-state index contributed by atoms with van der Waals surface area (Å²) in [6.07, 6.45) is 4.35. The van der Waals surface area contributed by atoms with Gasteiger partial charge in [0.2, 0.25) is 0 Å². The highest BCUT2D eigenvalue weighted by Gasteiger charge is 2.23. The van der Waals surface area contributed by atoms with E-state index in [1.54, 1.807) is 20.2 Å². The van der Waals surface area contributed by atoms with Crippen molar-refractivity contribution in [2.45, 2.75) is 20.3 Å². The maximum absolute atomic E-state index is 13.0. The van der Waals surface area contributed by atoms with Gasteiger partial charge in [0.1, 0.15) is 0 Å². The van der Waals surface area contributed by atoms with E-state index in [1.165, 1.54) is 5.12 Å². The summed E-state index contributed by atoms with van der Waals surface area (Å²) in [5, 5.41) is 5.31. The van der Waals surface area contributed by atoms with Crippen molar-refractivity contribution in [2.75, 3.05) is 38.3 Å². The van der Waals surface area contributed by atoms with Crippen molar-refractivity contribution < 1.29 is 4.79 Å². The van der Waals surface area contributed by atoms with Gasteiger partial charge in [0.25, 0.3) is 5.91 Å². The molecular formula is C17H26N6O. The van der Waals surface area contributed by atoms with Gasteiger partial charge < -0.3 is 9.80 Å². The van der Waals surface area contributed by atoms with Crippen molar-refractivity contribution in [3.8, 4) is 0 Å². The van der Waals surface area contributed by atoms with Crippen LogP contribution in [0.15, 0.2) is 28.3 Å². The van der Waals surface area contributed by atoms with E-state index < -0.39 is 0 Å². The monoisotopic (exact) mass is 330 g/mol. The lowest BCUT2D eigenvalue weighted by Gasteiger charge is -2.24. The number of aliphatic imine (C=N–C) groups is 1. The van der Waals surface area contributed by atoms with Crippen LogP contribution in [-0.2, 0) is 0 Å². The van der Waals surface area contributed by atoms with Crippen LogP contribution in [0.1, 0.15) is 29.3 Å². The normalized spacial score (nSPS) is 16.0. The lowest BCUT2D eigenvalue weighted by molar-refractivity contribution is 0.0764. The minimum atomic E-state index is -0.00857. The topological polar surface area (TPSA) is 77.5 Å². The molecule has 0 atom stereocenters. The van der Waals surface area contributed by atoms with E-state index >= 15 is 0 Å². The Morgan fingerprint density at radius 2 is 2.08 bits per heavy atom. The maximum Gasteiger partial charge on any atom is 0.256 e. The van der Waals surface area contributed by atoms with Crippen molar-refractivity contribution in [3.05, 3.63) is 29.3 Å². The summed E-state index contributed by atoms with van der Waals surface area (Å²) >= 11 is 0. The Bertz CT molecular complexity index is 628. The van der Waals surface area contributed by atoms with Crippen LogP contribution in [0, 0.1) is 6.92 Å². The Hall–Kier alpha value is -2.41. The molecule has 130 valence electrons. The molecule has 2 rings (SSSR count). The molecular weight excluding hydrogens is 304 g/mol. The fraction of sp³-hybridized carbons (Fsp3) is 0.471. The van der Waals surface area contributed by atoms with Gasteiger partial charge in [-0.05, 0) is 32.4 Å². The second-order valence-corrected chi connectivity index (χ2v) is 5.79. The fourth-order valence-corrected chi connectivity index (χ4v) is 2.80. The first kappa shape index (κ1) is 17.9. The van der Waals surface area contributed by atoms with Gasteiger partial charge >= 0.3 is 0 Å². The summed E-state index contributed by atoms with van der Waals surface area (Å²) in [5.74, 6) is 5.95. The molecule has 0 aliphatic carbocycles. The summed E-state index contributed by atoms with van der Waals surface area (Å²) in [6.45, 7) is 6.83. The molecule has 24 heavy (non-hydrogen) atoms. The van der Waals surface area contributed by atoms with Gasteiger partial charge in [0.05, 0.1) is 17.6 Å². The maximum atomic E-state index is 13.0. The van der Waals surface area contributed by atoms with E-state index in [-0.39, 0.29) is 5.91 Å². The highest BCUT2D eigenvalue weighted by atomic mass is 16.2. The molecule has 0 aromatic heterocycles. The average Bonchev–Trinajstić information content (AvgIpc) is 2.80. The first-order chi connectivity index (χ1) is 11.6. The van der Waals surface area contributed by atoms with Crippen molar-refractivity contribution in [1.29, 1.82) is 0 Å². The SMILES string of the molecule is C/C=N\N(N)c1ccc(C)cc1C(=O)N1CCCN(C=NC)CC1. The van der Waals surface area contributed by atoms with Gasteiger partial charge in [-0.25, -0.2) is 5.84 Å². The number of hydrazine groups is 1. The van der Waals surface area contributed by atoms with E-state index in [9.17, 15) is 4.79 Å². The molecule has 0 bridgehead atoms. The summed E-state index contributed by atoms with van der Waals surface area (Å²) in [5.41, 5.74) is 2.21. The van der Waals surface area contributed by atoms with Gasteiger partial charge in [0, 0.05) is 39.4 Å². The Kier molecular flexibility index (Phi) is 6.31. The van der Waals surface area contributed by atoms with Gasteiger partial charge in [0.15, 0.2) is 0 Å². The lowest BCUT2D eigenvalue weighted by atomic mass is 10.1. The van der Waals surface area contributed by atoms with Gasteiger partial charge in [-0.15, -0.1) is 0 Å². The fourth-order valence-electron chi connectivity index (χ4n) is 2.80. The molecule has 1 amide bonds. The molecule has 1 aliphatic rings. The summed E-state index contributed by atoms with van der Waals surface area (Å²) in [4.78, 5) is 21.1. The highest BCUT2D eigenvalue weighted by Crippen LogP contribution is 2.22. The Morgan fingerprint density at radius 1 is 1.29 bits per heavy atom. The third-order valence-corrected chi connectivity index (χ3v) is 3.97. The predicted molar refractivity (Wildman–Crippen MR) is 98.5 cm³/mol. The molecule has 0 saturated carbocycles. The molecule has 1 aromatic rings. The van der Waals surface area contributed by atoms with Crippen molar-refractivity contribution in [2.24, 2.45) is 15.9 Å². The Labute approximate surface area is 143 Å². The molecule has 1 aromatic carbocycles. The minimum absolute atomic E-state index is 0.00857. The third kappa shape index (κ3) is 4.32. The number of rotatable bonds is 4. The Balaban J connectivity index is 2.24. The average molecular weight is 330 g/mol. The summed E-state index contributed by atoms with van der Waals surface area (Å²) in [7, 11) is 1.76. The van der Waals surface area contributed by atoms with E-state index in [1.807, 2.05) is 36.4 Å². The number of hydrazone groups is 1. The van der Waals surface area contributed by atoms with E-state index in [0.717, 1.165) is 31.6 Å². The van der Waals surface area contributed by atoms with Crippen LogP contribution in [-0.4, -0.2) is 61.5 Å². The zero-order valence-corrected chi connectivity index (χ0v) is 14.6. The van der Waals surface area contributed by atoms with Crippen molar-refractivity contribution in [1.82, 2.24) is 9.80 Å². The van der Waals surface area contributed by atoms with E-state index in [2.05, 4.69) is 15.0 Å². The standard InChI is InChI=1S/C17H26N6O/c1-4-20-23(18)16-7-6-14(2)12-15(16)17(24)22-9-5-8-21(10-11-22)13-19-3/h4,6-7,12-13H,5,8-11,18H2,1-3H3/b19-13?,20-4-. The second kappa shape index (κ2) is 8.44. The summed E-state index contributed by atoms with van der Waals surface area (Å²) in [6, 6.07) is 5.64. The molecule has 1 aliphatic heterocycles. The number of hydrogen-bond donors (Lipinski definition) is 1. The smallest absolute Gasteiger partial charge is 0.256 e. The van der Waals surface area contributed by atoms with Gasteiger partial charge in [-0.2, -0.15) is 10.2 Å². The van der Waals surface area contributed by atoms with Crippen LogP contribution >= 0.6 is 0 Å². The second-order valence-electron chi connectivity index (χ2n) is 5.79. The van der Waals surface area contributed by atoms with Crippen molar-refractivity contribution >= 4 is 24.1 Å². The molecule has 2 N–H and O–H groups in total. The number of benzene rings is 1. The van der Waals surface area contributed by atoms with E-state index in [4.69, 9.17) is 5.84 Å². The predicted octanol–water partition coefficient (Wildman–Crippen LogP) is 1.49. The molecule has 7 heteroatoms. The largest absolute Gasteiger partial charge is 0.361 e. The van der Waals surface area contributed by atoms with Crippen LogP contribution < -0.4 is 11.0 Å². The molecule has 0 unspecified atom stereocenters. The number of aryl methyl sites for hydroxylation is 1. The van der Waals surface area contributed by atoms with Crippen LogP contribution in [0.25, 0.3) is 0 Å². The third-order valence-electron chi connectivity index (χ3n) is 3.97. The Morgan fingerprint density at radius 3 is 2.79 bits per heavy atom. The quantitative estimate of drug-likeness (QED) is 0.393. The van der Waals surface area contributed by atoms with Crippen LogP contribution in [0.4, 0.5) is 5.69 Å². The number of carbonyl (C=O) groups excluding carboxylic acids is 1. The molecule has 1 saturated heterocycles. The molecule has 1 heterocycles. The van der Waals surface area contributed by atoms with Crippen LogP contribution in [0.3, 0.4) is 0 Å². The molecule has 1 fully saturated rings. The van der Waals surface area contributed by atoms with Crippen LogP contribution in [0.2, 0.25) is 0 Å². The number of carbonyl (C=O) groups is 1. The van der Waals surface area contributed by atoms with E-state index in [0.29, 0.717) is 17.8 Å². The molecule has 0 spiro atoms.